The topological polar surface area (TPSA) is 108 Å². The predicted octanol–water partition coefficient (Wildman–Crippen LogP) is 3.88. The van der Waals surface area contributed by atoms with E-state index < -0.39 is 11.9 Å². The van der Waals surface area contributed by atoms with Gasteiger partial charge in [-0.2, -0.15) is 5.26 Å². The van der Waals surface area contributed by atoms with Crippen LogP contribution in [0.25, 0.3) is 0 Å². The van der Waals surface area contributed by atoms with Crippen molar-refractivity contribution in [2.24, 2.45) is 5.73 Å². The number of nitriles is 1. The molecular formula is C20H17BrN2O5. The summed E-state index contributed by atoms with van der Waals surface area (Å²) in [5.74, 6) is 0.312. The van der Waals surface area contributed by atoms with Gasteiger partial charge in [-0.15, -0.1) is 0 Å². The maximum atomic E-state index is 12.3. The standard InChI is InChI=1S/C20H17BrN2O5/c1-11-17(20(24)25-2)18(13(9-22)19(23)27-11)16-8-7-12(28-16)10-26-15-6-4-3-5-14(15)21/h3-8,18H,10,23H2,1-2H3/t18-/m1/s1. The second-order valence-corrected chi connectivity index (χ2v) is 6.76. The van der Waals surface area contributed by atoms with Gasteiger partial charge in [0, 0.05) is 0 Å². The second kappa shape index (κ2) is 8.23. The number of allylic oxidation sites excluding steroid dienone is 2. The van der Waals surface area contributed by atoms with E-state index in [1.54, 1.807) is 19.1 Å². The highest BCUT2D eigenvalue weighted by atomic mass is 79.9. The molecule has 0 unspecified atom stereocenters. The van der Waals surface area contributed by atoms with Crippen LogP contribution in [0.1, 0.15) is 24.4 Å². The molecule has 1 atom stereocenters. The molecule has 0 bridgehead atoms. The third-order valence-electron chi connectivity index (χ3n) is 4.18. The summed E-state index contributed by atoms with van der Waals surface area (Å²) >= 11 is 3.42. The van der Waals surface area contributed by atoms with Gasteiger partial charge in [0.05, 0.1) is 23.1 Å². The van der Waals surface area contributed by atoms with Crippen LogP contribution in [-0.2, 0) is 20.9 Å². The van der Waals surface area contributed by atoms with Crippen LogP contribution < -0.4 is 10.5 Å². The van der Waals surface area contributed by atoms with Crippen LogP contribution in [0.15, 0.2) is 68.1 Å². The Morgan fingerprint density at radius 2 is 2.07 bits per heavy atom. The van der Waals surface area contributed by atoms with Crippen molar-refractivity contribution in [1.29, 1.82) is 5.26 Å². The maximum Gasteiger partial charge on any atom is 0.338 e. The number of esters is 1. The Morgan fingerprint density at radius 3 is 2.75 bits per heavy atom. The molecule has 28 heavy (non-hydrogen) atoms. The van der Waals surface area contributed by atoms with Gasteiger partial charge in [0.25, 0.3) is 0 Å². The van der Waals surface area contributed by atoms with Crippen molar-refractivity contribution in [1.82, 2.24) is 0 Å². The zero-order chi connectivity index (χ0) is 20.3. The lowest BCUT2D eigenvalue weighted by molar-refractivity contribution is -0.136. The first-order chi connectivity index (χ1) is 13.5. The van der Waals surface area contributed by atoms with Gasteiger partial charge in [-0.3, -0.25) is 0 Å². The summed E-state index contributed by atoms with van der Waals surface area (Å²) in [5, 5.41) is 9.53. The summed E-state index contributed by atoms with van der Waals surface area (Å²) in [6.45, 7) is 1.75. The van der Waals surface area contributed by atoms with Gasteiger partial charge < -0.3 is 24.4 Å². The number of nitrogens with zero attached hydrogens (tertiary/aromatic N) is 1. The van der Waals surface area contributed by atoms with Gasteiger partial charge in [0.2, 0.25) is 5.88 Å². The zero-order valence-electron chi connectivity index (χ0n) is 15.2. The van der Waals surface area contributed by atoms with Crippen LogP contribution >= 0.6 is 15.9 Å². The predicted molar refractivity (Wildman–Crippen MR) is 103 cm³/mol. The number of hydrogen-bond donors (Lipinski definition) is 1. The average Bonchev–Trinajstić information content (AvgIpc) is 3.15. The minimum atomic E-state index is -0.816. The fourth-order valence-electron chi connectivity index (χ4n) is 2.88. The van der Waals surface area contributed by atoms with Crippen molar-refractivity contribution < 1.29 is 23.4 Å². The molecule has 0 saturated carbocycles. The molecule has 8 heteroatoms. The van der Waals surface area contributed by atoms with Crippen molar-refractivity contribution >= 4 is 21.9 Å². The van der Waals surface area contributed by atoms with E-state index in [4.69, 9.17) is 24.4 Å². The van der Waals surface area contributed by atoms with Crippen LogP contribution in [-0.4, -0.2) is 13.1 Å². The molecule has 3 rings (SSSR count). The van der Waals surface area contributed by atoms with Crippen molar-refractivity contribution in [3.63, 3.8) is 0 Å². The highest BCUT2D eigenvalue weighted by molar-refractivity contribution is 9.10. The molecule has 2 N–H and O–H groups in total. The van der Waals surface area contributed by atoms with E-state index in [0.29, 0.717) is 17.3 Å². The number of carbonyl (C=O) groups excluding carboxylic acids is 1. The highest BCUT2D eigenvalue weighted by Crippen LogP contribution is 2.40. The number of methoxy groups -OCH3 is 1. The van der Waals surface area contributed by atoms with Gasteiger partial charge in [0.15, 0.2) is 0 Å². The van der Waals surface area contributed by atoms with E-state index in [-0.39, 0.29) is 29.4 Å². The summed E-state index contributed by atoms with van der Waals surface area (Å²) in [4.78, 5) is 12.3. The SMILES string of the molecule is COC(=O)C1=C(C)OC(N)=C(C#N)[C@@H]1c1ccc(COc2ccccc2Br)o1. The molecule has 0 spiro atoms. The first kappa shape index (κ1) is 19.6. The van der Waals surface area contributed by atoms with E-state index in [1.807, 2.05) is 30.3 Å². The van der Waals surface area contributed by atoms with Gasteiger partial charge in [-0.25, -0.2) is 4.79 Å². The normalized spacial score (nSPS) is 16.4. The summed E-state index contributed by atoms with van der Waals surface area (Å²) in [7, 11) is 1.26. The lowest BCUT2D eigenvalue weighted by atomic mass is 9.87. The lowest BCUT2D eigenvalue weighted by Crippen LogP contribution is -2.24. The molecule has 2 heterocycles. The van der Waals surface area contributed by atoms with Crippen LogP contribution in [0.2, 0.25) is 0 Å². The molecule has 144 valence electrons. The minimum Gasteiger partial charge on any atom is -0.484 e. The molecule has 7 nitrogen and oxygen atoms in total. The fourth-order valence-corrected chi connectivity index (χ4v) is 3.28. The summed E-state index contributed by atoms with van der Waals surface area (Å²) in [6, 6.07) is 12.8. The largest absolute Gasteiger partial charge is 0.484 e. The van der Waals surface area contributed by atoms with Crippen molar-refractivity contribution in [2.75, 3.05) is 7.11 Å². The first-order valence-corrected chi connectivity index (χ1v) is 9.08. The fraction of sp³-hybridized carbons (Fsp3) is 0.200. The van der Waals surface area contributed by atoms with E-state index in [2.05, 4.69) is 15.9 Å². The van der Waals surface area contributed by atoms with Gasteiger partial charge in [-0.1, -0.05) is 12.1 Å². The maximum absolute atomic E-state index is 12.3. The third-order valence-corrected chi connectivity index (χ3v) is 4.84. The zero-order valence-corrected chi connectivity index (χ0v) is 16.8. The molecule has 2 aromatic rings. The Balaban J connectivity index is 1.90. The summed E-state index contributed by atoms with van der Waals surface area (Å²) < 4.78 is 22.6. The monoisotopic (exact) mass is 444 g/mol. The quantitative estimate of drug-likeness (QED) is 0.696. The minimum absolute atomic E-state index is 0.0694. The molecule has 0 aliphatic carbocycles. The lowest BCUT2D eigenvalue weighted by Gasteiger charge is -2.24. The Kier molecular flexibility index (Phi) is 5.76. The molecule has 1 aromatic heterocycles. The summed E-state index contributed by atoms with van der Waals surface area (Å²) in [6.07, 6.45) is 0. The number of hydrogen-bond acceptors (Lipinski definition) is 7. The second-order valence-electron chi connectivity index (χ2n) is 5.91. The molecule has 0 saturated heterocycles. The molecule has 1 aromatic carbocycles. The molecule has 1 aliphatic heterocycles. The first-order valence-electron chi connectivity index (χ1n) is 8.28. The molecule has 0 fully saturated rings. The number of furan rings is 1. The molecule has 1 aliphatic rings. The Morgan fingerprint density at radius 1 is 1.32 bits per heavy atom. The van der Waals surface area contributed by atoms with Gasteiger partial charge >= 0.3 is 5.97 Å². The number of ether oxygens (including phenoxy) is 3. The smallest absolute Gasteiger partial charge is 0.338 e. The molecule has 0 radical (unpaired) electrons. The number of halogens is 1. The van der Waals surface area contributed by atoms with Crippen LogP contribution in [0, 0.1) is 11.3 Å². The number of para-hydroxylation sites is 1. The summed E-state index contributed by atoms with van der Waals surface area (Å²) in [5.41, 5.74) is 6.10. The van der Waals surface area contributed by atoms with Crippen LogP contribution in [0.5, 0.6) is 5.75 Å². The Hall–Kier alpha value is -3.18. The van der Waals surface area contributed by atoms with E-state index in [9.17, 15) is 10.1 Å². The molecule has 0 amide bonds. The average molecular weight is 445 g/mol. The van der Waals surface area contributed by atoms with E-state index in [1.165, 1.54) is 7.11 Å². The number of carbonyl (C=O) groups is 1. The van der Waals surface area contributed by atoms with Gasteiger partial charge in [-0.05, 0) is 47.1 Å². The van der Waals surface area contributed by atoms with E-state index in [0.717, 1.165) is 4.47 Å². The van der Waals surface area contributed by atoms with Crippen molar-refractivity contribution in [3.8, 4) is 11.8 Å². The van der Waals surface area contributed by atoms with Crippen LogP contribution in [0.4, 0.5) is 0 Å². The highest BCUT2D eigenvalue weighted by Gasteiger charge is 2.38. The van der Waals surface area contributed by atoms with Gasteiger partial charge in [0.1, 0.15) is 41.3 Å². The van der Waals surface area contributed by atoms with Crippen LogP contribution in [0.3, 0.4) is 0 Å². The van der Waals surface area contributed by atoms with E-state index >= 15 is 0 Å². The Bertz CT molecular complexity index is 1020. The van der Waals surface area contributed by atoms with Crippen molar-refractivity contribution in [3.05, 3.63) is 75.2 Å². The van der Waals surface area contributed by atoms with Crippen molar-refractivity contribution in [2.45, 2.75) is 19.4 Å². The number of rotatable bonds is 5. The number of nitrogens with two attached hydrogens (primary N) is 1. The molecular weight excluding hydrogens is 428 g/mol. The number of benzene rings is 1. The Labute approximate surface area is 170 Å². The third kappa shape index (κ3) is 3.75.